The summed E-state index contributed by atoms with van der Waals surface area (Å²) >= 11 is 0. The molecule has 22 heavy (non-hydrogen) atoms. The fourth-order valence-electron chi connectivity index (χ4n) is 2.56. The number of carbonyl (C=O) groups is 1. The first-order chi connectivity index (χ1) is 10.5. The van der Waals surface area contributed by atoms with Crippen molar-refractivity contribution in [2.75, 3.05) is 11.5 Å². The Labute approximate surface area is 129 Å². The molecule has 1 aromatic carbocycles. The molecule has 0 aliphatic carbocycles. The molecule has 1 aliphatic heterocycles. The molecule has 0 radical (unpaired) electrons. The van der Waals surface area contributed by atoms with Crippen LogP contribution in [0.4, 0.5) is 0 Å². The topological polar surface area (TPSA) is 81.1 Å². The van der Waals surface area contributed by atoms with E-state index in [0.717, 1.165) is 11.3 Å². The van der Waals surface area contributed by atoms with Crippen LogP contribution in [0.5, 0.6) is 0 Å². The van der Waals surface area contributed by atoms with Gasteiger partial charge in [0, 0.05) is 18.4 Å². The standard InChI is InChI=1S/C15H17N3O3S/c19-15(17-13-6-9-22(20,21)11-13)10-12-2-4-14(5-3-12)18-8-1-7-16-18/h1-5,7-8,13H,6,9-11H2,(H,17,19). The van der Waals surface area contributed by atoms with Crippen molar-refractivity contribution >= 4 is 15.7 Å². The predicted molar refractivity (Wildman–Crippen MR) is 82.5 cm³/mol. The van der Waals surface area contributed by atoms with Crippen molar-refractivity contribution in [1.82, 2.24) is 15.1 Å². The van der Waals surface area contributed by atoms with Gasteiger partial charge in [0.05, 0.1) is 23.6 Å². The summed E-state index contributed by atoms with van der Waals surface area (Å²) in [5.74, 6) is 0.0713. The number of amides is 1. The molecule has 7 heteroatoms. The van der Waals surface area contributed by atoms with Crippen molar-refractivity contribution in [2.24, 2.45) is 0 Å². The van der Waals surface area contributed by atoms with Gasteiger partial charge in [0.1, 0.15) is 0 Å². The van der Waals surface area contributed by atoms with Gasteiger partial charge in [-0.25, -0.2) is 13.1 Å². The highest BCUT2D eigenvalue weighted by Crippen LogP contribution is 2.12. The average Bonchev–Trinajstić information content (AvgIpc) is 3.09. The van der Waals surface area contributed by atoms with Crippen LogP contribution in [0.15, 0.2) is 42.7 Å². The van der Waals surface area contributed by atoms with Crippen LogP contribution in [0.3, 0.4) is 0 Å². The summed E-state index contributed by atoms with van der Waals surface area (Å²) in [4.78, 5) is 12.0. The molecule has 1 amide bonds. The SMILES string of the molecule is O=C(Cc1ccc(-n2cccn2)cc1)NC1CCS(=O)(=O)C1. The lowest BCUT2D eigenvalue weighted by atomic mass is 10.1. The minimum atomic E-state index is -2.97. The Bertz CT molecular complexity index is 752. The Kier molecular flexibility index (Phi) is 3.98. The van der Waals surface area contributed by atoms with E-state index >= 15 is 0 Å². The van der Waals surface area contributed by atoms with Crippen molar-refractivity contribution in [3.63, 3.8) is 0 Å². The maximum Gasteiger partial charge on any atom is 0.224 e. The van der Waals surface area contributed by atoms with Crippen LogP contribution in [-0.2, 0) is 21.1 Å². The van der Waals surface area contributed by atoms with Gasteiger partial charge in [0.15, 0.2) is 9.84 Å². The first-order valence-electron chi connectivity index (χ1n) is 7.11. The quantitative estimate of drug-likeness (QED) is 0.900. The van der Waals surface area contributed by atoms with E-state index in [1.807, 2.05) is 36.5 Å². The summed E-state index contributed by atoms with van der Waals surface area (Å²) in [5, 5.41) is 6.93. The third kappa shape index (κ3) is 3.54. The van der Waals surface area contributed by atoms with E-state index in [-0.39, 0.29) is 29.9 Å². The molecule has 6 nitrogen and oxygen atoms in total. The van der Waals surface area contributed by atoms with E-state index in [1.54, 1.807) is 10.9 Å². The lowest BCUT2D eigenvalue weighted by molar-refractivity contribution is -0.120. The smallest absolute Gasteiger partial charge is 0.224 e. The second-order valence-corrected chi connectivity index (χ2v) is 7.69. The monoisotopic (exact) mass is 319 g/mol. The molecule has 0 spiro atoms. The summed E-state index contributed by atoms with van der Waals surface area (Å²) in [5.41, 5.74) is 1.81. The van der Waals surface area contributed by atoms with E-state index < -0.39 is 9.84 Å². The first kappa shape index (κ1) is 14.8. The van der Waals surface area contributed by atoms with Gasteiger partial charge in [-0.3, -0.25) is 4.79 Å². The molecule has 0 bridgehead atoms. The third-order valence-corrected chi connectivity index (χ3v) is 5.44. The molecule has 2 heterocycles. The second kappa shape index (κ2) is 5.92. The highest BCUT2D eigenvalue weighted by atomic mass is 32.2. The van der Waals surface area contributed by atoms with Gasteiger partial charge in [0.2, 0.25) is 5.91 Å². The number of hydrogen-bond acceptors (Lipinski definition) is 4. The van der Waals surface area contributed by atoms with Gasteiger partial charge in [-0.1, -0.05) is 12.1 Å². The number of nitrogens with one attached hydrogen (secondary N) is 1. The van der Waals surface area contributed by atoms with Crippen LogP contribution in [0.25, 0.3) is 5.69 Å². The molecule has 1 aromatic heterocycles. The zero-order chi connectivity index (χ0) is 15.6. The molecule has 116 valence electrons. The number of nitrogens with zero attached hydrogens (tertiary/aromatic N) is 2. The van der Waals surface area contributed by atoms with Crippen molar-refractivity contribution in [3.8, 4) is 5.69 Å². The number of benzene rings is 1. The molecule has 1 fully saturated rings. The third-order valence-electron chi connectivity index (χ3n) is 3.67. The fourth-order valence-corrected chi connectivity index (χ4v) is 4.23. The Balaban J connectivity index is 1.58. The van der Waals surface area contributed by atoms with Gasteiger partial charge in [0.25, 0.3) is 0 Å². The van der Waals surface area contributed by atoms with E-state index in [9.17, 15) is 13.2 Å². The number of rotatable bonds is 4. The normalized spacial score (nSPS) is 19.9. The second-order valence-electron chi connectivity index (χ2n) is 5.46. The Morgan fingerprint density at radius 1 is 1.32 bits per heavy atom. The molecule has 1 unspecified atom stereocenters. The highest BCUT2D eigenvalue weighted by Gasteiger charge is 2.28. The van der Waals surface area contributed by atoms with E-state index in [1.165, 1.54) is 0 Å². The van der Waals surface area contributed by atoms with Crippen LogP contribution in [0.2, 0.25) is 0 Å². The average molecular weight is 319 g/mol. The van der Waals surface area contributed by atoms with E-state index in [2.05, 4.69) is 10.4 Å². The van der Waals surface area contributed by atoms with Crippen LogP contribution in [0, 0.1) is 0 Å². The van der Waals surface area contributed by atoms with Crippen LogP contribution in [0.1, 0.15) is 12.0 Å². The molecule has 1 aliphatic rings. The summed E-state index contributed by atoms with van der Waals surface area (Å²) in [6, 6.07) is 9.15. The zero-order valence-corrected chi connectivity index (χ0v) is 12.8. The number of hydrogen-bond donors (Lipinski definition) is 1. The molecule has 3 rings (SSSR count). The van der Waals surface area contributed by atoms with Gasteiger partial charge in [-0.15, -0.1) is 0 Å². The van der Waals surface area contributed by atoms with Crippen LogP contribution in [-0.4, -0.2) is 41.7 Å². The number of sulfone groups is 1. The minimum absolute atomic E-state index is 0.0526. The van der Waals surface area contributed by atoms with Gasteiger partial charge >= 0.3 is 0 Å². The molecule has 2 aromatic rings. The fraction of sp³-hybridized carbons (Fsp3) is 0.333. The molecule has 1 N–H and O–H groups in total. The zero-order valence-electron chi connectivity index (χ0n) is 12.0. The van der Waals surface area contributed by atoms with Gasteiger partial charge in [-0.2, -0.15) is 5.10 Å². The van der Waals surface area contributed by atoms with Crippen molar-refractivity contribution < 1.29 is 13.2 Å². The van der Waals surface area contributed by atoms with E-state index in [0.29, 0.717) is 6.42 Å². The molecule has 1 saturated heterocycles. The summed E-state index contributed by atoms with van der Waals surface area (Å²) in [7, 11) is -2.97. The van der Waals surface area contributed by atoms with Crippen LogP contribution >= 0.6 is 0 Å². The largest absolute Gasteiger partial charge is 0.352 e. The lowest BCUT2D eigenvalue weighted by Crippen LogP contribution is -2.36. The summed E-state index contributed by atoms with van der Waals surface area (Å²) in [6.45, 7) is 0. The highest BCUT2D eigenvalue weighted by molar-refractivity contribution is 7.91. The van der Waals surface area contributed by atoms with Crippen molar-refractivity contribution in [2.45, 2.75) is 18.9 Å². The molecule has 1 atom stereocenters. The Morgan fingerprint density at radius 2 is 2.09 bits per heavy atom. The van der Waals surface area contributed by atoms with Gasteiger partial charge in [-0.05, 0) is 30.2 Å². The minimum Gasteiger partial charge on any atom is -0.352 e. The Morgan fingerprint density at radius 3 is 2.68 bits per heavy atom. The summed E-state index contributed by atoms with van der Waals surface area (Å²) in [6.07, 6.45) is 4.31. The molecular weight excluding hydrogens is 302 g/mol. The van der Waals surface area contributed by atoms with Crippen LogP contribution < -0.4 is 5.32 Å². The van der Waals surface area contributed by atoms with Crippen molar-refractivity contribution in [3.05, 3.63) is 48.3 Å². The Hall–Kier alpha value is -2.15. The molecule has 0 saturated carbocycles. The molecular formula is C15H17N3O3S. The van der Waals surface area contributed by atoms with E-state index in [4.69, 9.17) is 0 Å². The van der Waals surface area contributed by atoms with Gasteiger partial charge < -0.3 is 5.32 Å². The number of carbonyl (C=O) groups excluding carboxylic acids is 1. The maximum absolute atomic E-state index is 12.0. The summed E-state index contributed by atoms with van der Waals surface area (Å²) < 4.78 is 24.5. The lowest BCUT2D eigenvalue weighted by Gasteiger charge is -2.11. The predicted octanol–water partition coefficient (Wildman–Crippen LogP) is 0.718. The van der Waals surface area contributed by atoms with Crippen molar-refractivity contribution in [1.29, 1.82) is 0 Å². The number of aromatic nitrogens is 2. The first-order valence-corrected chi connectivity index (χ1v) is 8.93. The maximum atomic E-state index is 12.0.